The van der Waals surface area contributed by atoms with Crippen molar-refractivity contribution < 1.29 is 19.4 Å². The maximum atomic E-state index is 12.5. The highest BCUT2D eigenvalue weighted by Gasteiger charge is 2.39. The minimum Gasteiger partial charge on any atom is -0.480 e. The molecule has 1 saturated heterocycles. The Morgan fingerprint density at radius 1 is 1.04 bits per heavy atom. The summed E-state index contributed by atoms with van der Waals surface area (Å²) in [4.78, 5) is 25.2. The summed E-state index contributed by atoms with van der Waals surface area (Å²) in [6.45, 7) is 0.842. The molecule has 0 aromatic heterocycles. The van der Waals surface area contributed by atoms with Crippen LogP contribution in [0.1, 0.15) is 29.9 Å². The minimum absolute atomic E-state index is 0.0127. The van der Waals surface area contributed by atoms with Crippen molar-refractivity contribution in [2.45, 2.75) is 24.3 Å². The summed E-state index contributed by atoms with van der Waals surface area (Å²) >= 11 is 0. The van der Waals surface area contributed by atoms with Crippen LogP contribution in [0, 0.1) is 0 Å². The van der Waals surface area contributed by atoms with Gasteiger partial charge in [-0.05, 0) is 35.1 Å². The number of carboxylic acid groups (broad SMARTS) is 1. The zero-order chi connectivity index (χ0) is 19.0. The molecule has 2 aromatic carbocycles. The predicted octanol–water partition coefficient (Wildman–Crippen LogP) is 2.81. The fraction of sp³-hybridized carbons (Fsp3) is 0.333. The van der Waals surface area contributed by atoms with Crippen LogP contribution in [0.25, 0.3) is 11.1 Å². The number of benzene rings is 2. The largest absolute Gasteiger partial charge is 0.480 e. The first-order valence-electron chi connectivity index (χ1n) is 9.12. The first-order chi connectivity index (χ1) is 13.0. The maximum absolute atomic E-state index is 12.5. The van der Waals surface area contributed by atoms with Gasteiger partial charge in [0.1, 0.15) is 12.1 Å². The number of hydrogen-bond acceptors (Lipinski definition) is 4. The molecule has 0 unspecified atom stereocenters. The number of fused-ring (bicyclic) bond motifs is 3. The van der Waals surface area contributed by atoms with E-state index in [-0.39, 0.29) is 25.4 Å². The number of nitrogens with two attached hydrogens (primary N) is 1. The minimum atomic E-state index is -1.25. The van der Waals surface area contributed by atoms with E-state index in [1.54, 1.807) is 4.90 Å². The van der Waals surface area contributed by atoms with Crippen molar-refractivity contribution in [3.8, 4) is 11.1 Å². The molecule has 0 atom stereocenters. The van der Waals surface area contributed by atoms with Crippen LogP contribution in [0.15, 0.2) is 48.5 Å². The van der Waals surface area contributed by atoms with Gasteiger partial charge in [0.25, 0.3) is 0 Å². The average molecular weight is 366 g/mol. The van der Waals surface area contributed by atoms with Gasteiger partial charge in [0.05, 0.1) is 0 Å². The SMILES string of the molecule is NC1(C(=O)O)CCN(C(=O)OCC2c3ccccc3-c3ccccc32)CC1. The highest BCUT2D eigenvalue weighted by molar-refractivity contribution is 5.80. The predicted molar refractivity (Wildman–Crippen MR) is 100 cm³/mol. The van der Waals surface area contributed by atoms with Crippen LogP contribution in [-0.2, 0) is 9.53 Å². The van der Waals surface area contributed by atoms with Gasteiger partial charge in [-0.15, -0.1) is 0 Å². The summed E-state index contributed by atoms with van der Waals surface area (Å²) in [6, 6.07) is 16.3. The lowest BCUT2D eigenvalue weighted by molar-refractivity contribution is -0.145. The number of hydrogen-bond donors (Lipinski definition) is 2. The molecule has 0 spiro atoms. The molecule has 6 heteroatoms. The highest BCUT2D eigenvalue weighted by Crippen LogP contribution is 2.44. The zero-order valence-electron chi connectivity index (χ0n) is 14.9. The number of carbonyl (C=O) groups excluding carboxylic acids is 1. The third-order valence-corrected chi connectivity index (χ3v) is 5.68. The van der Waals surface area contributed by atoms with Gasteiger partial charge in [-0.2, -0.15) is 0 Å². The van der Waals surface area contributed by atoms with Crippen molar-refractivity contribution in [3.05, 3.63) is 59.7 Å². The molecular formula is C21H22N2O4. The monoisotopic (exact) mass is 366 g/mol. The molecule has 0 saturated carbocycles. The van der Waals surface area contributed by atoms with Gasteiger partial charge in [0.15, 0.2) is 0 Å². The molecule has 0 radical (unpaired) electrons. The fourth-order valence-corrected chi connectivity index (χ4v) is 3.99. The van der Waals surface area contributed by atoms with Crippen LogP contribution in [0.5, 0.6) is 0 Å². The van der Waals surface area contributed by atoms with Crippen LogP contribution >= 0.6 is 0 Å². The summed E-state index contributed by atoms with van der Waals surface area (Å²) in [5.41, 5.74) is 9.31. The Morgan fingerprint density at radius 2 is 1.56 bits per heavy atom. The molecule has 1 aliphatic carbocycles. The Labute approximate surface area is 157 Å². The van der Waals surface area contributed by atoms with Gasteiger partial charge in [-0.3, -0.25) is 4.79 Å². The second kappa shape index (κ2) is 6.70. The molecule has 2 aliphatic rings. The van der Waals surface area contributed by atoms with Crippen LogP contribution in [-0.4, -0.2) is 47.3 Å². The lowest BCUT2D eigenvalue weighted by atomic mass is 9.89. The number of amides is 1. The molecule has 4 rings (SSSR count). The van der Waals surface area contributed by atoms with E-state index in [4.69, 9.17) is 10.5 Å². The number of nitrogens with zero attached hydrogens (tertiary/aromatic N) is 1. The molecule has 1 amide bonds. The van der Waals surface area contributed by atoms with Gasteiger partial charge in [-0.1, -0.05) is 48.5 Å². The molecule has 2 aromatic rings. The van der Waals surface area contributed by atoms with Crippen LogP contribution < -0.4 is 5.73 Å². The third-order valence-electron chi connectivity index (χ3n) is 5.68. The van der Waals surface area contributed by atoms with Gasteiger partial charge in [-0.25, -0.2) is 4.79 Å². The Bertz CT molecular complexity index is 842. The number of carbonyl (C=O) groups is 2. The Kier molecular flexibility index (Phi) is 4.36. The van der Waals surface area contributed by atoms with E-state index in [2.05, 4.69) is 24.3 Å². The quantitative estimate of drug-likeness (QED) is 0.871. The lowest BCUT2D eigenvalue weighted by Crippen LogP contribution is -2.56. The van der Waals surface area contributed by atoms with E-state index < -0.39 is 17.6 Å². The normalized spacial score (nSPS) is 17.9. The molecular weight excluding hydrogens is 344 g/mol. The molecule has 140 valence electrons. The Balaban J connectivity index is 1.44. The van der Waals surface area contributed by atoms with Gasteiger partial charge in [0.2, 0.25) is 0 Å². The van der Waals surface area contributed by atoms with Crippen molar-refractivity contribution in [1.29, 1.82) is 0 Å². The summed E-state index contributed by atoms with van der Waals surface area (Å²) in [7, 11) is 0. The Morgan fingerprint density at radius 3 is 2.07 bits per heavy atom. The summed E-state index contributed by atoms with van der Waals surface area (Å²) in [5.74, 6) is -1.01. The van der Waals surface area contributed by atoms with E-state index in [1.165, 1.54) is 11.1 Å². The molecule has 6 nitrogen and oxygen atoms in total. The first-order valence-corrected chi connectivity index (χ1v) is 9.12. The number of rotatable bonds is 3. The Hall–Kier alpha value is -2.86. The van der Waals surface area contributed by atoms with E-state index in [0.29, 0.717) is 13.1 Å². The highest BCUT2D eigenvalue weighted by atomic mass is 16.6. The molecule has 1 fully saturated rings. The maximum Gasteiger partial charge on any atom is 0.409 e. The zero-order valence-corrected chi connectivity index (χ0v) is 14.9. The third kappa shape index (κ3) is 3.06. The van der Waals surface area contributed by atoms with Crippen LogP contribution in [0.2, 0.25) is 0 Å². The smallest absolute Gasteiger partial charge is 0.409 e. The first kappa shape index (κ1) is 17.5. The fourth-order valence-electron chi connectivity index (χ4n) is 3.99. The number of carboxylic acids is 1. The van der Waals surface area contributed by atoms with Crippen molar-refractivity contribution >= 4 is 12.1 Å². The summed E-state index contributed by atoms with van der Waals surface area (Å²) in [6.07, 6.45) is 0.0447. The molecule has 1 heterocycles. The van der Waals surface area contributed by atoms with Crippen molar-refractivity contribution in [3.63, 3.8) is 0 Å². The number of ether oxygens (including phenoxy) is 1. The van der Waals surface area contributed by atoms with Crippen LogP contribution in [0.4, 0.5) is 4.79 Å². The summed E-state index contributed by atoms with van der Waals surface area (Å²) < 4.78 is 5.61. The second-order valence-corrected chi connectivity index (χ2v) is 7.25. The van der Waals surface area contributed by atoms with Crippen molar-refractivity contribution in [2.24, 2.45) is 5.73 Å². The number of likely N-dealkylation sites (tertiary alicyclic amines) is 1. The number of aliphatic carboxylic acids is 1. The topological polar surface area (TPSA) is 92.9 Å². The van der Waals surface area contributed by atoms with E-state index in [0.717, 1.165) is 11.1 Å². The van der Waals surface area contributed by atoms with Gasteiger partial charge >= 0.3 is 12.1 Å². The molecule has 1 aliphatic heterocycles. The molecule has 0 bridgehead atoms. The van der Waals surface area contributed by atoms with E-state index in [1.807, 2.05) is 24.3 Å². The van der Waals surface area contributed by atoms with Gasteiger partial charge in [0, 0.05) is 19.0 Å². The van der Waals surface area contributed by atoms with Crippen LogP contribution in [0.3, 0.4) is 0 Å². The average Bonchev–Trinajstić information content (AvgIpc) is 3.00. The standard InChI is InChI=1S/C21H22N2O4/c22-21(19(24)25)9-11-23(12-10-21)20(26)27-13-18-16-7-3-1-5-14(16)15-6-2-4-8-17(15)18/h1-8,18H,9-13,22H2,(H,24,25). The molecule has 27 heavy (non-hydrogen) atoms. The number of piperidine rings is 1. The van der Waals surface area contributed by atoms with E-state index >= 15 is 0 Å². The van der Waals surface area contributed by atoms with Crippen molar-refractivity contribution in [2.75, 3.05) is 19.7 Å². The molecule has 3 N–H and O–H groups in total. The van der Waals surface area contributed by atoms with Crippen molar-refractivity contribution in [1.82, 2.24) is 4.90 Å². The van der Waals surface area contributed by atoms with E-state index in [9.17, 15) is 14.7 Å². The second-order valence-electron chi connectivity index (χ2n) is 7.25. The van der Waals surface area contributed by atoms with Gasteiger partial charge < -0.3 is 20.5 Å². The summed E-state index contributed by atoms with van der Waals surface area (Å²) in [5, 5.41) is 9.20. The lowest BCUT2D eigenvalue weighted by Gasteiger charge is -2.35.